The zero-order chi connectivity index (χ0) is 20.2. The lowest BCUT2D eigenvalue weighted by molar-refractivity contribution is 0.0952. The molecule has 1 amide bonds. The lowest BCUT2D eigenvalue weighted by atomic mass is 9.99. The Morgan fingerprint density at radius 2 is 1.50 bits per heavy atom. The minimum Gasteiger partial charge on any atom is -0.507 e. The number of phenolic OH excluding ortho intramolecular Hbond substituents is 1. The monoisotopic (exact) mass is 383 g/mol. The number of hydrogen-bond acceptors (Lipinski definition) is 2. The molecule has 0 aliphatic heterocycles. The number of nitrogens with one attached hydrogen (secondary N) is 1. The van der Waals surface area contributed by atoms with E-state index in [2.05, 4.69) is 25.2 Å². The van der Waals surface area contributed by atoms with Crippen molar-refractivity contribution in [1.82, 2.24) is 5.32 Å². The highest BCUT2D eigenvalue weighted by Crippen LogP contribution is 2.28. The van der Waals surface area contributed by atoms with Gasteiger partial charge in [0.05, 0.1) is 5.56 Å². The Balaban J connectivity index is 1.73. The summed E-state index contributed by atoms with van der Waals surface area (Å²) in [6.07, 6.45) is 13.7. The van der Waals surface area contributed by atoms with Crippen molar-refractivity contribution in [3.05, 3.63) is 41.5 Å². The molecule has 0 fully saturated rings. The van der Waals surface area contributed by atoms with E-state index in [9.17, 15) is 9.90 Å². The molecule has 28 heavy (non-hydrogen) atoms. The highest BCUT2D eigenvalue weighted by atomic mass is 16.3. The molecular weight excluding hydrogens is 346 g/mol. The highest BCUT2D eigenvalue weighted by Gasteiger charge is 2.15. The van der Waals surface area contributed by atoms with Crippen LogP contribution in [0.3, 0.4) is 0 Å². The van der Waals surface area contributed by atoms with E-state index < -0.39 is 0 Å². The molecular formula is C25H37NO2. The SMILES string of the molecule is CCCCCCCCCCCCNC(=O)c1c(O)ccc2cc(CC)ccc12. The topological polar surface area (TPSA) is 49.3 Å². The van der Waals surface area contributed by atoms with Gasteiger partial charge in [-0.05, 0) is 35.2 Å². The third-order valence-electron chi connectivity index (χ3n) is 5.51. The normalized spacial score (nSPS) is 11.1. The van der Waals surface area contributed by atoms with Gasteiger partial charge in [0.15, 0.2) is 0 Å². The maximum absolute atomic E-state index is 12.6. The molecule has 2 aromatic carbocycles. The van der Waals surface area contributed by atoms with E-state index in [0.29, 0.717) is 12.1 Å². The molecule has 2 aromatic rings. The van der Waals surface area contributed by atoms with E-state index in [1.165, 1.54) is 56.9 Å². The van der Waals surface area contributed by atoms with Gasteiger partial charge in [0.1, 0.15) is 5.75 Å². The number of phenols is 1. The van der Waals surface area contributed by atoms with Gasteiger partial charge in [-0.15, -0.1) is 0 Å². The third-order valence-corrected chi connectivity index (χ3v) is 5.51. The molecule has 0 saturated heterocycles. The second-order valence-corrected chi connectivity index (χ2v) is 7.81. The number of carbonyl (C=O) groups excluding carboxylic acids is 1. The maximum Gasteiger partial charge on any atom is 0.255 e. The number of aryl methyl sites for hydroxylation is 1. The van der Waals surface area contributed by atoms with Gasteiger partial charge in [0.25, 0.3) is 5.91 Å². The number of fused-ring (bicyclic) bond motifs is 1. The smallest absolute Gasteiger partial charge is 0.255 e. The Labute approximate surface area is 170 Å². The van der Waals surface area contributed by atoms with E-state index in [1.54, 1.807) is 6.07 Å². The van der Waals surface area contributed by atoms with Crippen LogP contribution in [0.2, 0.25) is 0 Å². The van der Waals surface area contributed by atoms with E-state index in [-0.39, 0.29) is 11.7 Å². The van der Waals surface area contributed by atoms with Crippen molar-refractivity contribution in [2.75, 3.05) is 6.54 Å². The Bertz CT molecular complexity index is 739. The summed E-state index contributed by atoms with van der Waals surface area (Å²) < 4.78 is 0. The average Bonchev–Trinajstić information content (AvgIpc) is 2.71. The van der Waals surface area contributed by atoms with Crippen LogP contribution in [-0.4, -0.2) is 17.6 Å². The van der Waals surface area contributed by atoms with Crippen molar-refractivity contribution >= 4 is 16.7 Å². The zero-order valence-electron chi connectivity index (χ0n) is 17.7. The molecule has 0 saturated carbocycles. The van der Waals surface area contributed by atoms with Crippen molar-refractivity contribution in [1.29, 1.82) is 0 Å². The van der Waals surface area contributed by atoms with Crippen LogP contribution in [0.25, 0.3) is 10.8 Å². The van der Waals surface area contributed by atoms with Gasteiger partial charge >= 0.3 is 0 Å². The number of unbranched alkanes of at least 4 members (excludes halogenated alkanes) is 9. The van der Waals surface area contributed by atoms with Crippen LogP contribution in [-0.2, 0) is 6.42 Å². The molecule has 0 aromatic heterocycles. The van der Waals surface area contributed by atoms with Crippen LogP contribution in [0, 0.1) is 0 Å². The predicted molar refractivity (Wildman–Crippen MR) is 119 cm³/mol. The largest absolute Gasteiger partial charge is 0.507 e. The lowest BCUT2D eigenvalue weighted by Gasteiger charge is -2.11. The van der Waals surface area contributed by atoms with E-state index >= 15 is 0 Å². The summed E-state index contributed by atoms with van der Waals surface area (Å²) in [6, 6.07) is 9.57. The number of benzene rings is 2. The van der Waals surface area contributed by atoms with Gasteiger partial charge in [0.2, 0.25) is 0 Å². The summed E-state index contributed by atoms with van der Waals surface area (Å²) in [5, 5.41) is 15.0. The first-order chi connectivity index (χ1) is 13.7. The van der Waals surface area contributed by atoms with Crippen LogP contribution < -0.4 is 5.32 Å². The van der Waals surface area contributed by atoms with Crippen molar-refractivity contribution in [2.45, 2.75) is 84.5 Å². The van der Waals surface area contributed by atoms with Crippen LogP contribution in [0.15, 0.2) is 30.3 Å². The molecule has 0 radical (unpaired) electrons. The lowest BCUT2D eigenvalue weighted by Crippen LogP contribution is -2.24. The van der Waals surface area contributed by atoms with Crippen molar-refractivity contribution in [3.63, 3.8) is 0 Å². The van der Waals surface area contributed by atoms with Crippen molar-refractivity contribution in [2.24, 2.45) is 0 Å². The summed E-state index contributed by atoms with van der Waals surface area (Å²) in [6.45, 7) is 5.03. The van der Waals surface area contributed by atoms with Gasteiger partial charge in [-0.3, -0.25) is 4.79 Å². The molecule has 154 valence electrons. The Hall–Kier alpha value is -2.03. The molecule has 0 aliphatic rings. The van der Waals surface area contributed by atoms with Crippen molar-refractivity contribution < 1.29 is 9.90 Å². The average molecular weight is 384 g/mol. The molecule has 0 bridgehead atoms. The zero-order valence-corrected chi connectivity index (χ0v) is 17.7. The number of aromatic hydroxyl groups is 1. The van der Waals surface area contributed by atoms with E-state index in [1.807, 2.05) is 18.2 Å². The number of carbonyl (C=O) groups is 1. The highest BCUT2D eigenvalue weighted by molar-refractivity contribution is 6.09. The molecule has 3 nitrogen and oxygen atoms in total. The number of rotatable bonds is 13. The molecule has 0 atom stereocenters. The number of hydrogen-bond donors (Lipinski definition) is 2. The fourth-order valence-electron chi connectivity index (χ4n) is 3.73. The number of amides is 1. The quantitative estimate of drug-likeness (QED) is 0.375. The Morgan fingerprint density at radius 3 is 2.14 bits per heavy atom. The molecule has 0 spiro atoms. The molecule has 2 rings (SSSR count). The van der Waals surface area contributed by atoms with E-state index in [0.717, 1.165) is 30.0 Å². The summed E-state index contributed by atoms with van der Waals surface area (Å²) in [5.74, 6) is -0.124. The summed E-state index contributed by atoms with van der Waals surface area (Å²) >= 11 is 0. The molecule has 3 heteroatoms. The van der Waals surface area contributed by atoms with Gasteiger partial charge in [-0.2, -0.15) is 0 Å². The van der Waals surface area contributed by atoms with Gasteiger partial charge in [-0.25, -0.2) is 0 Å². The Kier molecular flexibility index (Phi) is 9.88. The van der Waals surface area contributed by atoms with E-state index in [4.69, 9.17) is 0 Å². The van der Waals surface area contributed by atoms with Crippen LogP contribution in [0.4, 0.5) is 0 Å². The summed E-state index contributed by atoms with van der Waals surface area (Å²) in [4.78, 5) is 12.6. The Morgan fingerprint density at radius 1 is 0.857 bits per heavy atom. The van der Waals surface area contributed by atoms with Gasteiger partial charge in [-0.1, -0.05) is 95.9 Å². The first-order valence-electron chi connectivity index (χ1n) is 11.2. The summed E-state index contributed by atoms with van der Waals surface area (Å²) in [5.41, 5.74) is 1.63. The fourth-order valence-corrected chi connectivity index (χ4v) is 3.73. The second kappa shape index (κ2) is 12.4. The van der Waals surface area contributed by atoms with Crippen LogP contribution >= 0.6 is 0 Å². The van der Waals surface area contributed by atoms with Gasteiger partial charge in [0, 0.05) is 6.54 Å². The first kappa shape index (κ1) is 22.3. The fraction of sp³-hybridized carbons (Fsp3) is 0.560. The molecule has 0 aliphatic carbocycles. The maximum atomic E-state index is 12.6. The summed E-state index contributed by atoms with van der Waals surface area (Å²) in [7, 11) is 0. The van der Waals surface area contributed by atoms with Crippen LogP contribution in [0.1, 0.15) is 94.0 Å². The first-order valence-corrected chi connectivity index (χ1v) is 11.2. The van der Waals surface area contributed by atoms with Crippen molar-refractivity contribution in [3.8, 4) is 5.75 Å². The predicted octanol–water partition coefficient (Wildman–Crippen LogP) is 6.76. The molecule has 2 N–H and O–H groups in total. The minimum atomic E-state index is -0.178. The molecule has 0 heterocycles. The third kappa shape index (κ3) is 6.85. The standard InChI is InChI=1S/C25H37NO2/c1-3-5-6-7-8-9-10-11-12-13-18-26-25(28)24-22-16-14-20(4-2)19-21(22)15-17-23(24)27/h14-17,19,27H,3-13,18H2,1-2H3,(H,26,28). The molecule has 0 unspecified atom stereocenters. The van der Waals surface area contributed by atoms with Crippen LogP contribution in [0.5, 0.6) is 5.75 Å². The van der Waals surface area contributed by atoms with Gasteiger partial charge < -0.3 is 10.4 Å². The minimum absolute atomic E-state index is 0.0531. The second-order valence-electron chi connectivity index (χ2n) is 7.81.